The molecule has 0 radical (unpaired) electrons. The molecular weight excluding hydrogens is 572 g/mol. The second-order valence-corrected chi connectivity index (χ2v) is 12.2. The lowest BCUT2D eigenvalue weighted by atomic mass is 9.88. The molecule has 0 aromatic heterocycles. The average Bonchev–Trinajstić information content (AvgIpc) is 3.09. The standard InChI is InChI=1S/C37H46O8/c1-5-29-24(2)31(39-21-26-15-9-6-10-16-26)34(40-22-27-17-11-7-12-18-27)37(42-29)44-32-25(3)35(38-4)43-30-23-41-36(45-33(30)32)28-19-13-8-14-20-28/h6-20,24-25,29-37H,5,21-23H2,1-4H3/t24-,25?,29?,30?,31-,32+,33+,34?,35-,36?,37+/m0/s1. The molecule has 6 rings (SSSR count). The Hall–Kier alpha value is -2.66. The summed E-state index contributed by atoms with van der Waals surface area (Å²) >= 11 is 0. The molecule has 5 unspecified atom stereocenters. The number of benzene rings is 3. The Morgan fingerprint density at radius 3 is 1.87 bits per heavy atom. The predicted molar refractivity (Wildman–Crippen MR) is 168 cm³/mol. The van der Waals surface area contributed by atoms with E-state index >= 15 is 0 Å². The summed E-state index contributed by atoms with van der Waals surface area (Å²) in [6.45, 7) is 7.61. The molecule has 3 aromatic carbocycles. The molecule has 242 valence electrons. The van der Waals surface area contributed by atoms with Crippen molar-refractivity contribution < 1.29 is 37.9 Å². The van der Waals surface area contributed by atoms with Crippen molar-refractivity contribution in [3.63, 3.8) is 0 Å². The van der Waals surface area contributed by atoms with Gasteiger partial charge in [0.2, 0.25) is 0 Å². The van der Waals surface area contributed by atoms with Crippen LogP contribution < -0.4 is 0 Å². The molecule has 8 nitrogen and oxygen atoms in total. The molecule has 0 N–H and O–H groups in total. The molecule has 8 heteroatoms. The lowest BCUT2D eigenvalue weighted by molar-refractivity contribution is -0.384. The van der Waals surface area contributed by atoms with Crippen molar-refractivity contribution in [1.82, 2.24) is 0 Å². The van der Waals surface area contributed by atoms with E-state index in [9.17, 15) is 0 Å². The van der Waals surface area contributed by atoms with Gasteiger partial charge in [0.15, 0.2) is 18.9 Å². The molecule has 11 atom stereocenters. The molecular formula is C37H46O8. The molecule has 0 saturated carbocycles. The number of methoxy groups -OCH3 is 1. The Bertz CT molecular complexity index is 1290. The van der Waals surface area contributed by atoms with E-state index in [-0.39, 0.29) is 30.1 Å². The Balaban J connectivity index is 1.28. The lowest BCUT2D eigenvalue weighted by Crippen LogP contribution is -2.63. The fourth-order valence-electron chi connectivity index (χ4n) is 6.68. The second-order valence-electron chi connectivity index (χ2n) is 12.2. The van der Waals surface area contributed by atoms with Crippen molar-refractivity contribution in [1.29, 1.82) is 0 Å². The van der Waals surface area contributed by atoms with E-state index < -0.39 is 37.2 Å². The summed E-state index contributed by atoms with van der Waals surface area (Å²) in [6, 6.07) is 30.3. The summed E-state index contributed by atoms with van der Waals surface area (Å²) in [7, 11) is 1.65. The molecule has 0 amide bonds. The van der Waals surface area contributed by atoms with Crippen LogP contribution in [-0.2, 0) is 51.1 Å². The van der Waals surface area contributed by atoms with Crippen LogP contribution in [0, 0.1) is 11.8 Å². The van der Waals surface area contributed by atoms with Crippen LogP contribution in [0.1, 0.15) is 50.2 Å². The van der Waals surface area contributed by atoms with E-state index in [4.69, 9.17) is 37.9 Å². The summed E-state index contributed by atoms with van der Waals surface area (Å²) in [6.07, 6.45) is -2.95. The highest BCUT2D eigenvalue weighted by molar-refractivity contribution is 5.17. The zero-order chi connectivity index (χ0) is 31.2. The number of ether oxygens (including phenoxy) is 8. The summed E-state index contributed by atoms with van der Waals surface area (Å²) < 4.78 is 52.0. The van der Waals surface area contributed by atoms with Gasteiger partial charge in [0.25, 0.3) is 0 Å². The maximum absolute atomic E-state index is 7.03. The smallest absolute Gasteiger partial charge is 0.187 e. The summed E-state index contributed by atoms with van der Waals surface area (Å²) in [4.78, 5) is 0. The van der Waals surface area contributed by atoms with Crippen LogP contribution in [0.5, 0.6) is 0 Å². The lowest BCUT2D eigenvalue weighted by Gasteiger charge is -2.51. The molecule has 3 aromatic rings. The van der Waals surface area contributed by atoms with Crippen LogP contribution in [0.4, 0.5) is 0 Å². The first-order valence-electron chi connectivity index (χ1n) is 16.2. The minimum atomic E-state index is -0.707. The first-order chi connectivity index (χ1) is 22.1. The number of hydrogen-bond donors (Lipinski definition) is 0. The van der Waals surface area contributed by atoms with Gasteiger partial charge in [0, 0.05) is 24.5 Å². The van der Waals surface area contributed by atoms with Crippen LogP contribution in [-0.4, -0.2) is 62.9 Å². The zero-order valence-corrected chi connectivity index (χ0v) is 26.6. The maximum atomic E-state index is 7.03. The van der Waals surface area contributed by atoms with Gasteiger partial charge in [0.1, 0.15) is 18.3 Å². The van der Waals surface area contributed by atoms with Gasteiger partial charge < -0.3 is 37.9 Å². The third-order valence-corrected chi connectivity index (χ3v) is 9.21. The monoisotopic (exact) mass is 618 g/mol. The summed E-state index contributed by atoms with van der Waals surface area (Å²) in [5.74, 6) is -0.0834. The van der Waals surface area contributed by atoms with Crippen LogP contribution in [0.25, 0.3) is 0 Å². The Labute approximate surface area is 266 Å². The van der Waals surface area contributed by atoms with Crippen LogP contribution in [0.3, 0.4) is 0 Å². The van der Waals surface area contributed by atoms with Crippen LogP contribution in [0.15, 0.2) is 91.0 Å². The van der Waals surface area contributed by atoms with Crippen molar-refractivity contribution in [2.75, 3.05) is 13.7 Å². The Morgan fingerprint density at radius 1 is 0.667 bits per heavy atom. The minimum Gasteiger partial charge on any atom is -0.370 e. The van der Waals surface area contributed by atoms with Gasteiger partial charge in [-0.25, -0.2) is 0 Å². The van der Waals surface area contributed by atoms with E-state index in [1.165, 1.54) is 0 Å². The van der Waals surface area contributed by atoms with Crippen molar-refractivity contribution in [2.24, 2.45) is 11.8 Å². The summed E-state index contributed by atoms with van der Waals surface area (Å²) in [5.41, 5.74) is 3.12. The van der Waals surface area contributed by atoms with E-state index in [1.54, 1.807) is 7.11 Å². The molecule has 3 aliphatic heterocycles. The maximum Gasteiger partial charge on any atom is 0.187 e. The van der Waals surface area contributed by atoms with E-state index in [0.29, 0.717) is 19.8 Å². The van der Waals surface area contributed by atoms with Gasteiger partial charge in [-0.3, -0.25) is 0 Å². The quantitative estimate of drug-likeness (QED) is 0.243. The van der Waals surface area contributed by atoms with Crippen LogP contribution >= 0.6 is 0 Å². The first kappa shape index (κ1) is 32.3. The molecule has 0 aliphatic carbocycles. The highest BCUT2D eigenvalue weighted by atomic mass is 16.8. The third-order valence-electron chi connectivity index (χ3n) is 9.21. The molecule has 3 fully saturated rings. The Morgan fingerprint density at radius 2 is 1.27 bits per heavy atom. The fraction of sp³-hybridized carbons (Fsp3) is 0.514. The van der Waals surface area contributed by atoms with Crippen molar-refractivity contribution >= 4 is 0 Å². The van der Waals surface area contributed by atoms with E-state index in [0.717, 1.165) is 23.1 Å². The predicted octanol–water partition coefficient (Wildman–Crippen LogP) is 6.44. The first-order valence-corrected chi connectivity index (χ1v) is 16.2. The number of hydrogen-bond acceptors (Lipinski definition) is 8. The molecule has 0 spiro atoms. The highest BCUT2D eigenvalue weighted by Gasteiger charge is 2.53. The Kier molecular flexibility index (Phi) is 11.0. The topological polar surface area (TPSA) is 73.8 Å². The van der Waals surface area contributed by atoms with E-state index in [2.05, 4.69) is 45.0 Å². The molecule has 3 heterocycles. The van der Waals surface area contributed by atoms with Gasteiger partial charge in [-0.2, -0.15) is 0 Å². The van der Waals surface area contributed by atoms with Crippen LogP contribution in [0.2, 0.25) is 0 Å². The number of fused-ring (bicyclic) bond motifs is 1. The summed E-state index contributed by atoms with van der Waals surface area (Å²) in [5, 5.41) is 0. The SMILES string of the molecule is CCC1O[C@H](O[C@@H]2C(C)[C@@H](OC)OC3COC(c4ccccc4)O[C@H]32)C(OCc2ccccc2)[C@@H](OCc2ccccc2)[C@H]1C. The van der Waals surface area contributed by atoms with E-state index in [1.807, 2.05) is 66.7 Å². The fourth-order valence-corrected chi connectivity index (χ4v) is 6.68. The van der Waals surface area contributed by atoms with Crippen molar-refractivity contribution in [2.45, 2.75) is 95.9 Å². The second kappa shape index (κ2) is 15.3. The molecule has 3 aliphatic rings. The third kappa shape index (κ3) is 7.50. The van der Waals surface area contributed by atoms with Gasteiger partial charge in [-0.15, -0.1) is 0 Å². The van der Waals surface area contributed by atoms with Crippen molar-refractivity contribution in [3.8, 4) is 0 Å². The van der Waals surface area contributed by atoms with Gasteiger partial charge in [0.05, 0.1) is 38.1 Å². The minimum absolute atomic E-state index is 0.0766. The molecule has 0 bridgehead atoms. The molecule has 3 saturated heterocycles. The molecule has 45 heavy (non-hydrogen) atoms. The number of rotatable bonds is 11. The highest BCUT2D eigenvalue weighted by Crippen LogP contribution is 2.41. The van der Waals surface area contributed by atoms with Gasteiger partial charge in [-0.05, 0) is 17.5 Å². The zero-order valence-electron chi connectivity index (χ0n) is 26.6. The van der Waals surface area contributed by atoms with Gasteiger partial charge >= 0.3 is 0 Å². The normalized spacial score (nSPS) is 35.1. The largest absolute Gasteiger partial charge is 0.370 e. The van der Waals surface area contributed by atoms with Gasteiger partial charge in [-0.1, -0.05) is 112 Å². The van der Waals surface area contributed by atoms with Crippen molar-refractivity contribution in [3.05, 3.63) is 108 Å². The average molecular weight is 619 g/mol.